The third kappa shape index (κ3) is 4.08. The fourth-order valence-electron chi connectivity index (χ4n) is 1.23. The van der Waals surface area contributed by atoms with Crippen molar-refractivity contribution in [2.45, 2.75) is 11.8 Å². The van der Waals surface area contributed by atoms with Crippen LogP contribution in [0.15, 0.2) is 23.1 Å². The van der Waals surface area contributed by atoms with Crippen LogP contribution in [-0.4, -0.2) is 24.1 Å². The smallest absolute Gasteiger partial charge is 0.413 e. The minimum atomic E-state index is -0.620. The molecule has 0 aliphatic carbocycles. The van der Waals surface area contributed by atoms with Crippen LogP contribution in [0, 0.1) is 0 Å². The summed E-state index contributed by atoms with van der Waals surface area (Å²) in [4.78, 5) is 11.9. The van der Waals surface area contributed by atoms with Crippen LogP contribution < -0.4 is 16.4 Å². The van der Waals surface area contributed by atoms with Crippen molar-refractivity contribution >= 4 is 46.6 Å². The third-order valence-electron chi connectivity index (χ3n) is 2.02. The molecule has 18 heavy (non-hydrogen) atoms. The van der Waals surface area contributed by atoms with E-state index in [1.54, 1.807) is 17.8 Å². The van der Waals surface area contributed by atoms with Crippen molar-refractivity contribution in [1.29, 1.82) is 0 Å². The lowest BCUT2D eigenvalue weighted by molar-refractivity contribution is 0.177. The predicted octanol–water partition coefficient (Wildman–Crippen LogP) is 2.43. The number of thioether (sulfide) groups is 1. The van der Waals surface area contributed by atoms with E-state index in [9.17, 15) is 4.79 Å². The number of alkyl carbamates (subject to hydrolysis) is 1. The van der Waals surface area contributed by atoms with Gasteiger partial charge >= 0.3 is 6.09 Å². The molecule has 0 radical (unpaired) electrons. The van der Waals surface area contributed by atoms with Gasteiger partial charge in [0.1, 0.15) is 0 Å². The van der Waals surface area contributed by atoms with Crippen molar-refractivity contribution in [2.75, 3.05) is 23.9 Å². The Balaban J connectivity index is 2.75. The molecule has 0 spiro atoms. The Labute approximate surface area is 115 Å². The van der Waals surface area contributed by atoms with E-state index in [1.807, 2.05) is 19.1 Å². The standard InChI is InChI=1S/C11H15N3O2S2/c1-3-18-8-6-4-5-7(9(8)12)13-10(17)14-11(15)16-2/h4-6H,3,12H2,1-2H3,(H2,13,14,15,17). The van der Waals surface area contributed by atoms with Gasteiger partial charge in [0.2, 0.25) is 0 Å². The normalized spacial score (nSPS) is 9.67. The van der Waals surface area contributed by atoms with Gasteiger partial charge in [-0.05, 0) is 30.1 Å². The lowest BCUT2D eigenvalue weighted by Crippen LogP contribution is -2.34. The second-order valence-electron chi connectivity index (χ2n) is 3.22. The van der Waals surface area contributed by atoms with E-state index in [0.29, 0.717) is 11.4 Å². The summed E-state index contributed by atoms with van der Waals surface area (Å²) in [5.74, 6) is 0.929. The minimum Gasteiger partial charge on any atom is -0.453 e. The summed E-state index contributed by atoms with van der Waals surface area (Å²) in [7, 11) is 1.27. The Morgan fingerprint density at radius 2 is 2.28 bits per heavy atom. The number of hydrogen-bond donors (Lipinski definition) is 3. The largest absolute Gasteiger partial charge is 0.453 e. The maximum atomic E-state index is 11.0. The van der Waals surface area contributed by atoms with Crippen LogP contribution in [0.1, 0.15) is 6.92 Å². The number of carbonyl (C=O) groups excluding carboxylic acids is 1. The average Bonchev–Trinajstić information content (AvgIpc) is 2.34. The quantitative estimate of drug-likeness (QED) is 0.450. The van der Waals surface area contributed by atoms with Crippen LogP contribution in [0.5, 0.6) is 0 Å². The fraction of sp³-hybridized carbons (Fsp3) is 0.273. The zero-order valence-corrected chi connectivity index (χ0v) is 11.8. The van der Waals surface area contributed by atoms with Gasteiger partial charge in [-0.1, -0.05) is 13.0 Å². The molecule has 0 bridgehead atoms. The number of nitrogens with two attached hydrogens (primary N) is 1. The zero-order valence-electron chi connectivity index (χ0n) is 10.1. The molecular formula is C11H15N3O2S2. The first-order valence-electron chi connectivity index (χ1n) is 5.25. The second-order valence-corrected chi connectivity index (χ2v) is 4.94. The number of benzene rings is 1. The molecule has 0 fully saturated rings. The van der Waals surface area contributed by atoms with Gasteiger partial charge in [-0.3, -0.25) is 5.32 Å². The van der Waals surface area contributed by atoms with Gasteiger partial charge in [-0.25, -0.2) is 4.79 Å². The van der Waals surface area contributed by atoms with Crippen molar-refractivity contribution < 1.29 is 9.53 Å². The molecule has 0 heterocycles. The van der Waals surface area contributed by atoms with Gasteiger partial charge in [0.05, 0.1) is 18.5 Å². The lowest BCUT2D eigenvalue weighted by atomic mass is 10.3. The van der Waals surface area contributed by atoms with E-state index < -0.39 is 6.09 Å². The molecule has 1 amide bonds. The van der Waals surface area contributed by atoms with Gasteiger partial charge in [0, 0.05) is 4.90 Å². The molecule has 4 N–H and O–H groups in total. The van der Waals surface area contributed by atoms with Crippen molar-refractivity contribution in [1.82, 2.24) is 5.32 Å². The minimum absolute atomic E-state index is 0.146. The topological polar surface area (TPSA) is 76.4 Å². The first kappa shape index (κ1) is 14.6. The number of amides is 1. The highest BCUT2D eigenvalue weighted by molar-refractivity contribution is 7.99. The maximum Gasteiger partial charge on any atom is 0.413 e. The molecule has 98 valence electrons. The molecule has 0 aliphatic heterocycles. The van der Waals surface area contributed by atoms with Gasteiger partial charge in [0.25, 0.3) is 0 Å². The number of carbonyl (C=O) groups is 1. The maximum absolute atomic E-state index is 11.0. The average molecular weight is 285 g/mol. The van der Waals surface area contributed by atoms with Crippen LogP contribution in [0.4, 0.5) is 16.2 Å². The molecule has 1 aromatic carbocycles. The molecule has 0 saturated heterocycles. The Morgan fingerprint density at radius 3 is 2.89 bits per heavy atom. The molecule has 5 nitrogen and oxygen atoms in total. The molecule has 1 aromatic rings. The summed E-state index contributed by atoms with van der Waals surface area (Å²) < 4.78 is 4.44. The number of thiocarbonyl (C=S) groups is 1. The van der Waals surface area contributed by atoms with Crippen LogP contribution >= 0.6 is 24.0 Å². The summed E-state index contributed by atoms with van der Waals surface area (Å²) in [6, 6.07) is 5.60. The van der Waals surface area contributed by atoms with Gasteiger partial charge in [-0.2, -0.15) is 0 Å². The molecule has 0 saturated carbocycles. The highest BCUT2D eigenvalue weighted by atomic mass is 32.2. The van der Waals surface area contributed by atoms with E-state index in [4.69, 9.17) is 18.0 Å². The molecule has 1 rings (SSSR count). The Bertz CT molecular complexity index is 452. The molecule has 0 aliphatic rings. The highest BCUT2D eigenvalue weighted by Crippen LogP contribution is 2.30. The van der Waals surface area contributed by atoms with Crippen LogP contribution in [-0.2, 0) is 4.74 Å². The molecule has 0 aromatic heterocycles. The van der Waals surface area contributed by atoms with Crippen LogP contribution in [0.3, 0.4) is 0 Å². The Hall–Kier alpha value is -1.47. The van der Waals surface area contributed by atoms with Crippen LogP contribution in [0.2, 0.25) is 0 Å². The summed E-state index contributed by atoms with van der Waals surface area (Å²) in [6.45, 7) is 2.05. The number of ether oxygens (including phenoxy) is 1. The van der Waals surface area contributed by atoms with E-state index in [-0.39, 0.29) is 5.11 Å². The summed E-state index contributed by atoms with van der Waals surface area (Å²) in [5, 5.41) is 5.35. The number of rotatable bonds is 3. The highest BCUT2D eigenvalue weighted by Gasteiger charge is 2.08. The Kier molecular flexibility index (Phi) is 5.73. The van der Waals surface area contributed by atoms with Crippen molar-refractivity contribution in [3.63, 3.8) is 0 Å². The third-order valence-corrected chi connectivity index (χ3v) is 3.17. The van der Waals surface area contributed by atoms with E-state index in [1.165, 1.54) is 7.11 Å². The lowest BCUT2D eigenvalue weighted by Gasteiger charge is -2.13. The van der Waals surface area contributed by atoms with Gasteiger partial charge in [0.15, 0.2) is 5.11 Å². The Morgan fingerprint density at radius 1 is 1.56 bits per heavy atom. The van der Waals surface area contributed by atoms with Crippen LogP contribution in [0.25, 0.3) is 0 Å². The molecule has 0 unspecified atom stereocenters. The van der Waals surface area contributed by atoms with Gasteiger partial charge < -0.3 is 15.8 Å². The first-order valence-corrected chi connectivity index (χ1v) is 6.65. The summed E-state index contributed by atoms with van der Waals surface area (Å²) >= 11 is 6.60. The predicted molar refractivity (Wildman–Crippen MR) is 79.0 cm³/mol. The second kappa shape index (κ2) is 7.07. The van der Waals surface area contributed by atoms with Crippen molar-refractivity contribution in [3.05, 3.63) is 18.2 Å². The van der Waals surface area contributed by atoms with Crippen molar-refractivity contribution in [2.24, 2.45) is 0 Å². The van der Waals surface area contributed by atoms with Gasteiger partial charge in [-0.15, -0.1) is 11.8 Å². The monoisotopic (exact) mass is 285 g/mol. The first-order chi connectivity index (χ1) is 8.58. The number of hydrogen-bond acceptors (Lipinski definition) is 5. The number of nitrogen functional groups attached to an aromatic ring is 1. The van der Waals surface area contributed by atoms with E-state index in [2.05, 4.69) is 15.4 Å². The summed E-state index contributed by atoms with van der Waals surface area (Å²) in [6.07, 6.45) is -0.620. The molecular weight excluding hydrogens is 270 g/mol. The fourth-order valence-corrected chi connectivity index (χ4v) is 2.18. The summed E-state index contributed by atoms with van der Waals surface area (Å²) in [5.41, 5.74) is 7.27. The zero-order chi connectivity index (χ0) is 13.5. The number of methoxy groups -OCH3 is 1. The SMILES string of the molecule is CCSc1cccc(NC(=S)NC(=O)OC)c1N. The number of nitrogens with one attached hydrogen (secondary N) is 2. The number of para-hydroxylation sites is 1. The van der Waals surface area contributed by atoms with E-state index >= 15 is 0 Å². The van der Waals surface area contributed by atoms with Crippen molar-refractivity contribution in [3.8, 4) is 0 Å². The number of anilines is 2. The molecule has 7 heteroatoms. The van der Waals surface area contributed by atoms with E-state index in [0.717, 1.165) is 10.6 Å². The molecule has 0 atom stereocenters.